The number of halogens is 2. The second-order valence-corrected chi connectivity index (χ2v) is 12.6. The van der Waals surface area contributed by atoms with Gasteiger partial charge in [0, 0.05) is 57.3 Å². The molecule has 3 heterocycles. The Labute approximate surface area is 233 Å². The Bertz CT molecular complexity index is 1290. The number of nitrogens with zero attached hydrogens (tertiary/aromatic N) is 3. The summed E-state index contributed by atoms with van der Waals surface area (Å²) in [7, 11) is -3.87. The van der Waals surface area contributed by atoms with Crippen LogP contribution in [0.4, 0.5) is 8.78 Å². The van der Waals surface area contributed by atoms with E-state index >= 15 is 0 Å². The van der Waals surface area contributed by atoms with Crippen LogP contribution >= 0.6 is 0 Å². The molecule has 0 aliphatic carbocycles. The Kier molecular flexibility index (Phi) is 9.57. The molecule has 0 spiro atoms. The number of likely N-dealkylation sites (tertiary alicyclic amines) is 1. The van der Waals surface area contributed by atoms with Crippen molar-refractivity contribution in [2.24, 2.45) is 5.92 Å². The molecule has 0 saturated carbocycles. The molecule has 4 rings (SSSR count). The molecule has 40 heavy (non-hydrogen) atoms. The lowest BCUT2D eigenvalue weighted by Crippen LogP contribution is -2.55. The SMILES string of the molecule is CCCCN1CC(C(=O)NC(Cc2cc(F)cc(F)c2)C[C@H]2CN(S(=O)(=O)c3c(C)noc3C)CCN2)CC1=O. The zero-order chi connectivity index (χ0) is 29.0. The molecule has 2 aliphatic rings. The van der Waals surface area contributed by atoms with Crippen LogP contribution in [0.25, 0.3) is 0 Å². The number of carbonyl (C=O) groups excluding carboxylic acids is 2. The van der Waals surface area contributed by atoms with E-state index in [0.717, 1.165) is 18.9 Å². The first kappa shape index (κ1) is 30.1. The van der Waals surface area contributed by atoms with Gasteiger partial charge in [0.05, 0.1) is 5.92 Å². The number of unbranched alkanes of at least 4 members (excludes halogenated alkanes) is 1. The monoisotopic (exact) mass is 581 g/mol. The highest BCUT2D eigenvalue weighted by Gasteiger charge is 2.37. The fraction of sp³-hybridized carbons (Fsp3) is 0.593. The first-order valence-electron chi connectivity index (χ1n) is 13.7. The Morgan fingerprint density at radius 3 is 2.60 bits per heavy atom. The van der Waals surface area contributed by atoms with Gasteiger partial charge in [-0.15, -0.1) is 0 Å². The highest BCUT2D eigenvalue weighted by molar-refractivity contribution is 7.89. The molecule has 3 atom stereocenters. The summed E-state index contributed by atoms with van der Waals surface area (Å²) in [6.45, 7) is 6.84. The lowest BCUT2D eigenvalue weighted by Gasteiger charge is -2.35. The van der Waals surface area contributed by atoms with Crippen molar-refractivity contribution in [1.82, 2.24) is 25.0 Å². The number of aromatic nitrogens is 1. The van der Waals surface area contributed by atoms with Gasteiger partial charge in [0.15, 0.2) is 5.76 Å². The van der Waals surface area contributed by atoms with Gasteiger partial charge in [0.25, 0.3) is 0 Å². The molecule has 2 fully saturated rings. The molecule has 1 aromatic carbocycles. The summed E-state index contributed by atoms with van der Waals surface area (Å²) in [5, 5.41) is 10.1. The Hall–Kier alpha value is -2.90. The van der Waals surface area contributed by atoms with Gasteiger partial charge in [-0.1, -0.05) is 18.5 Å². The van der Waals surface area contributed by atoms with E-state index in [1.807, 2.05) is 6.92 Å². The van der Waals surface area contributed by atoms with Crippen molar-refractivity contribution in [2.75, 3.05) is 32.7 Å². The number of amides is 2. The highest BCUT2D eigenvalue weighted by Crippen LogP contribution is 2.25. The van der Waals surface area contributed by atoms with E-state index in [0.29, 0.717) is 31.6 Å². The van der Waals surface area contributed by atoms with Crippen molar-refractivity contribution in [3.8, 4) is 0 Å². The van der Waals surface area contributed by atoms with Gasteiger partial charge in [-0.25, -0.2) is 17.2 Å². The number of carbonyl (C=O) groups is 2. The summed E-state index contributed by atoms with van der Waals surface area (Å²) in [5.41, 5.74) is 0.649. The minimum atomic E-state index is -3.87. The number of piperazine rings is 1. The van der Waals surface area contributed by atoms with Crippen LogP contribution in [0.3, 0.4) is 0 Å². The molecule has 1 aromatic heterocycles. The van der Waals surface area contributed by atoms with Gasteiger partial charge >= 0.3 is 0 Å². The summed E-state index contributed by atoms with van der Waals surface area (Å²) >= 11 is 0. The number of benzene rings is 1. The van der Waals surface area contributed by atoms with Gasteiger partial charge in [-0.3, -0.25) is 9.59 Å². The molecule has 2 N–H and O–H groups in total. The standard InChI is InChI=1S/C27H37F2N5O5S/c1-4-5-7-33-15-20(12-25(33)35)27(36)31-23(11-19-9-21(28)13-22(29)10-19)14-24-16-34(8-6-30-24)40(37,38)26-17(2)32-39-18(26)3/h9-10,13,20,23-24,30H,4-8,11-12,14-16H2,1-3H3,(H,31,36)/t20?,23?,24-/m0/s1. The number of hydrogen-bond acceptors (Lipinski definition) is 7. The van der Waals surface area contributed by atoms with E-state index < -0.39 is 33.6 Å². The number of nitrogens with one attached hydrogen (secondary N) is 2. The first-order valence-corrected chi connectivity index (χ1v) is 15.1. The molecule has 2 amide bonds. The minimum absolute atomic E-state index is 0.0479. The molecule has 2 saturated heterocycles. The molecule has 10 nitrogen and oxygen atoms in total. The molecule has 220 valence electrons. The predicted octanol–water partition coefficient (Wildman–Crippen LogP) is 2.30. The van der Waals surface area contributed by atoms with E-state index in [1.54, 1.807) is 18.7 Å². The van der Waals surface area contributed by atoms with Gasteiger partial charge in [-0.05, 0) is 50.8 Å². The number of hydrogen-bond donors (Lipinski definition) is 2. The van der Waals surface area contributed by atoms with Gasteiger partial charge in [0.1, 0.15) is 22.2 Å². The van der Waals surface area contributed by atoms with Crippen molar-refractivity contribution in [3.05, 3.63) is 46.9 Å². The topological polar surface area (TPSA) is 125 Å². The van der Waals surface area contributed by atoms with Crippen LogP contribution < -0.4 is 10.6 Å². The van der Waals surface area contributed by atoms with Crippen molar-refractivity contribution in [3.63, 3.8) is 0 Å². The van der Waals surface area contributed by atoms with Crippen molar-refractivity contribution >= 4 is 21.8 Å². The summed E-state index contributed by atoms with van der Waals surface area (Å²) in [5.74, 6) is -2.12. The minimum Gasteiger partial charge on any atom is -0.360 e. The normalized spacial score (nSPS) is 21.1. The highest BCUT2D eigenvalue weighted by atomic mass is 32.2. The summed E-state index contributed by atoms with van der Waals surface area (Å²) in [4.78, 5) is 27.4. The first-order chi connectivity index (χ1) is 19.0. The number of aryl methyl sites for hydroxylation is 2. The zero-order valence-corrected chi connectivity index (χ0v) is 23.9. The molecule has 2 unspecified atom stereocenters. The van der Waals surface area contributed by atoms with E-state index in [-0.39, 0.29) is 60.1 Å². The van der Waals surface area contributed by atoms with Crippen LogP contribution in [-0.2, 0) is 26.0 Å². The second kappa shape index (κ2) is 12.7. The van der Waals surface area contributed by atoms with Crippen molar-refractivity contribution < 1.29 is 31.3 Å². The van der Waals surface area contributed by atoms with Crippen molar-refractivity contribution in [2.45, 2.75) is 69.9 Å². The van der Waals surface area contributed by atoms with E-state index in [9.17, 15) is 26.8 Å². The smallest absolute Gasteiger partial charge is 0.248 e. The maximum Gasteiger partial charge on any atom is 0.248 e. The largest absolute Gasteiger partial charge is 0.360 e. The Balaban J connectivity index is 1.49. The third kappa shape index (κ3) is 7.05. The predicted molar refractivity (Wildman–Crippen MR) is 143 cm³/mol. The molecule has 2 aromatic rings. The zero-order valence-electron chi connectivity index (χ0n) is 23.1. The Morgan fingerprint density at radius 1 is 1.23 bits per heavy atom. The Morgan fingerprint density at radius 2 is 1.95 bits per heavy atom. The number of rotatable bonds is 11. The fourth-order valence-corrected chi connectivity index (χ4v) is 7.30. The average molecular weight is 582 g/mol. The van der Waals surface area contributed by atoms with Crippen LogP contribution in [0.1, 0.15) is 49.6 Å². The maximum absolute atomic E-state index is 13.9. The third-order valence-corrected chi connectivity index (χ3v) is 9.58. The molecule has 2 aliphatic heterocycles. The van der Waals surface area contributed by atoms with Crippen LogP contribution in [0, 0.1) is 31.4 Å². The van der Waals surface area contributed by atoms with Crippen LogP contribution in [-0.4, -0.2) is 79.4 Å². The molecular formula is C27H37F2N5O5S. The van der Waals surface area contributed by atoms with Gasteiger partial charge in [-0.2, -0.15) is 4.31 Å². The van der Waals surface area contributed by atoms with Gasteiger partial charge in [0.2, 0.25) is 21.8 Å². The summed E-state index contributed by atoms with van der Waals surface area (Å²) in [6.07, 6.45) is 2.34. The quantitative estimate of drug-likeness (QED) is 0.417. The maximum atomic E-state index is 13.9. The lowest BCUT2D eigenvalue weighted by molar-refractivity contribution is -0.129. The molecule has 13 heteroatoms. The molecular weight excluding hydrogens is 544 g/mol. The van der Waals surface area contributed by atoms with E-state index in [2.05, 4.69) is 15.8 Å². The lowest BCUT2D eigenvalue weighted by atomic mass is 9.97. The van der Waals surface area contributed by atoms with E-state index in [1.165, 1.54) is 16.4 Å². The number of sulfonamides is 1. The third-order valence-electron chi connectivity index (χ3n) is 7.47. The van der Waals surface area contributed by atoms with Crippen LogP contribution in [0.2, 0.25) is 0 Å². The molecule has 0 radical (unpaired) electrons. The summed E-state index contributed by atoms with van der Waals surface area (Å²) in [6, 6.07) is 2.31. The molecule has 0 bridgehead atoms. The average Bonchev–Trinajstić information content (AvgIpc) is 3.43. The second-order valence-electron chi connectivity index (χ2n) is 10.7. The fourth-order valence-electron chi connectivity index (χ4n) is 5.53. The van der Waals surface area contributed by atoms with Crippen LogP contribution in [0.5, 0.6) is 0 Å². The van der Waals surface area contributed by atoms with E-state index in [4.69, 9.17) is 4.52 Å². The van der Waals surface area contributed by atoms with Crippen molar-refractivity contribution in [1.29, 1.82) is 0 Å². The van der Waals surface area contributed by atoms with Gasteiger partial charge < -0.3 is 20.1 Å². The van der Waals surface area contributed by atoms with Crippen LogP contribution in [0.15, 0.2) is 27.6 Å². The summed E-state index contributed by atoms with van der Waals surface area (Å²) < 4.78 is 61.1.